The van der Waals surface area contributed by atoms with Crippen LogP contribution in [0, 0.1) is 20.2 Å². The molecular weight excluding hydrogens is 260 g/mol. The highest BCUT2D eigenvalue weighted by Gasteiger charge is 2.51. The minimum atomic E-state index is -1.66. The zero-order valence-corrected chi connectivity index (χ0v) is 9.55. The van der Waals surface area contributed by atoms with E-state index in [1.165, 1.54) is 21.0 Å². The zero-order chi connectivity index (χ0) is 11.5. The van der Waals surface area contributed by atoms with Crippen molar-refractivity contribution >= 4 is 15.9 Å². The second kappa shape index (κ2) is 4.65. The lowest BCUT2D eigenvalue weighted by atomic mass is 10.1. The molecule has 0 heterocycles. The number of rotatable bonds is 5. The summed E-state index contributed by atoms with van der Waals surface area (Å²) in [5.41, 5.74) is 0. The predicted molar refractivity (Wildman–Crippen MR) is 51.6 cm³/mol. The lowest BCUT2D eigenvalue weighted by Crippen LogP contribution is -2.50. The first-order chi connectivity index (χ1) is 6.25. The Morgan fingerprint density at radius 1 is 1.43 bits per heavy atom. The fourth-order valence-corrected chi connectivity index (χ4v) is 1.64. The molecule has 0 bridgehead atoms. The quantitative estimate of drug-likeness (QED) is 0.322. The maximum Gasteiger partial charge on any atom is 0.304 e. The van der Waals surface area contributed by atoms with E-state index in [4.69, 9.17) is 4.74 Å². The molecular formula is C6H11BrN2O5. The van der Waals surface area contributed by atoms with Crippen molar-refractivity contribution in [2.24, 2.45) is 0 Å². The van der Waals surface area contributed by atoms with Crippen LogP contribution in [0.15, 0.2) is 0 Å². The molecule has 0 aliphatic heterocycles. The number of halogens is 1. The van der Waals surface area contributed by atoms with Crippen molar-refractivity contribution in [3.05, 3.63) is 20.2 Å². The third kappa shape index (κ3) is 2.61. The molecule has 0 saturated carbocycles. The molecule has 3 unspecified atom stereocenters. The summed E-state index contributed by atoms with van der Waals surface area (Å²) in [5, 5.41) is 21.1. The van der Waals surface area contributed by atoms with Gasteiger partial charge in [-0.05, 0) is 0 Å². The van der Waals surface area contributed by atoms with E-state index in [1.54, 1.807) is 0 Å². The van der Waals surface area contributed by atoms with E-state index >= 15 is 0 Å². The lowest BCUT2D eigenvalue weighted by molar-refractivity contribution is -0.582. The standard InChI is InChI=1S/C6H11BrN2O5/c1-4(8(10)11)5(14-3)6(2,7)9(12)13/h4-5H,1-3H3. The van der Waals surface area contributed by atoms with Gasteiger partial charge in [0.15, 0.2) is 0 Å². The second-order valence-electron chi connectivity index (χ2n) is 2.96. The minimum absolute atomic E-state index is 0.614. The topological polar surface area (TPSA) is 95.5 Å². The monoisotopic (exact) mass is 270 g/mol. The Kier molecular flexibility index (Phi) is 4.40. The Bertz CT molecular complexity index is 244. The van der Waals surface area contributed by atoms with Crippen LogP contribution in [-0.2, 0) is 4.74 Å². The van der Waals surface area contributed by atoms with E-state index in [1.807, 2.05) is 0 Å². The zero-order valence-electron chi connectivity index (χ0n) is 7.97. The minimum Gasteiger partial charge on any atom is -0.367 e. The molecule has 8 heteroatoms. The van der Waals surface area contributed by atoms with Gasteiger partial charge in [-0.2, -0.15) is 0 Å². The van der Waals surface area contributed by atoms with Gasteiger partial charge in [0.05, 0.1) is 0 Å². The van der Waals surface area contributed by atoms with E-state index in [0.717, 1.165) is 0 Å². The Morgan fingerprint density at radius 2 is 1.86 bits per heavy atom. The molecule has 14 heavy (non-hydrogen) atoms. The van der Waals surface area contributed by atoms with Crippen LogP contribution in [0.1, 0.15) is 13.8 Å². The lowest BCUT2D eigenvalue weighted by Gasteiger charge is -2.23. The first-order valence-corrected chi connectivity index (χ1v) is 4.54. The van der Waals surface area contributed by atoms with E-state index in [-0.39, 0.29) is 0 Å². The number of hydrogen-bond donors (Lipinski definition) is 0. The first kappa shape index (κ1) is 13.2. The van der Waals surface area contributed by atoms with Gasteiger partial charge in [-0.3, -0.25) is 20.2 Å². The third-order valence-electron chi connectivity index (χ3n) is 1.90. The highest BCUT2D eigenvalue weighted by Crippen LogP contribution is 2.27. The van der Waals surface area contributed by atoms with Gasteiger partial charge in [0.25, 0.3) is 0 Å². The van der Waals surface area contributed by atoms with Gasteiger partial charge in [0.1, 0.15) is 0 Å². The van der Waals surface area contributed by atoms with Gasteiger partial charge in [0, 0.05) is 46.7 Å². The molecule has 0 aromatic rings. The van der Waals surface area contributed by atoms with E-state index in [9.17, 15) is 20.2 Å². The smallest absolute Gasteiger partial charge is 0.304 e. The molecule has 3 atom stereocenters. The number of nitrogens with zero attached hydrogens (tertiary/aromatic N) is 2. The number of nitro groups is 2. The molecule has 0 fully saturated rings. The molecule has 0 N–H and O–H groups in total. The summed E-state index contributed by atoms with van der Waals surface area (Å²) in [6.07, 6.45) is -1.13. The van der Waals surface area contributed by atoms with Crippen LogP contribution >= 0.6 is 15.9 Å². The van der Waals surface area contributed by atoms with Crippen molar-refractivity contribution < 1.29 is 14.6 Å². The summed E-state index contributed by atoms with van der Waals surface area (Å²) >= 11 is 2.81. The van der Waals surface area contributed by atoms with Crippen molar-refractivity contribution in [3.8, 4) is 0 Å². The van der Waals surface area contributed by atoms with Crippen molar-refractivity contribution in [2.75, 3.05) is 7.11 Å². The number of ether oxygens (including phenoxy) is 1. The van der Waals surface area contributed by atoms with Crippen LogP contribution < -0.4 is 0 Å². The average Bonchev–Trinajstić information content (AvgIpc) is 2.04. The molecule has 0 aliphatic rings. The summed E-state index contributed by atoms with van der Waals surface area (Å²) in [6, 6.07) is -1.16. The van der Waals surface area contributed by atoms with Crippen molar-refractivity contribution in [1.82, 2.24) is 0 Å². The van der Waals surface area contributed by atoms with Crippen LogP contribution in [-0.4, -0.2) is 33.6 Å². The van der Waals surface area contributed by atoms with E-state index < -0.39 is 26.4 Å². The molecule has 0 radical (unpaired) electrons. The maximum atomic E-state index is 10.6. The van der Waals surface area contributed by atoms with Crippen molar-refractivity contribution in [2.45, 2.75) is 30.4 Å². The fourth-order valence-electron chi connectivity index (χ4n) is 1.07. The highest BCUT2D eigenvalue weighted by molar-refractivity contribution is 9.10. The van der Waals surface area contributed by atoms with Crippen LogP contribution in [0.3, 0.4) is 0 Å². The van der Waals surface area contributed by atoms with Crippen LogP contribution in [0.2, 0.25) is 0 Å². The van der Waals surface area contributed by atoms with Gasteiger partial charge in [-0.25, -0.2) is 0 Å². The molecule has 0 aliphatic carbocycles. The molecule has 82 valence electrons. The molecule has 0 spiro atoms. The Morgan fingerprint density at radius 3 is 2.07 bits per heavy atom. The fraction of sp³-hybridized carbons (Fsp3) is 1.00. The summed E-state index contributed by atoms with van der Waals surface area (Å²) in [7, 11) is 1.20. The predicted octanol–water partition coefficient (Wildman–Crippen LogP) is 1.05. The van der Waals surface area contributed by atoms with Crippen molar-refractivity contribution in [3.63, 3.8) is 0 Å². The molecule has 0 aromatic carbocycles. The molecule has 0 aromatic heterocycles. The molecule has 0 amide bonds. The maximum absolute atomic E-state index is 10.6. The van der Waals surface area contributed by atoms with Gasteiger partial charge < -0.3 is 4.74 Å². The van der Waals surface area contributed by atoms with Gasteiger partial charge >= 0.3 is 4.45 Å². The number of alkyl halides is 1. The number of methoxy groups -OCH3 is 1. The van der Waals surface area contributed by atoms with Gasteiger partial charge in [-0.1, -0.05) is 0 Å². The SMILES string of the molecule is COC(C(C)[N+](=O)[O-])C(C)(Br)[N+](=O)[O-]. The molecule has 0 saturated heterocycles. The van der Waals surface area contributed by atoms with Crippen LogP contribution in [0.4, 0.5) is 0 Å². The van der Waals surface area contributed by atoms with Gasteiger partial charge in [-0.15, -0.1) is 0 Å². The Hall–Kier alpha value is -0.760. The first-order valence-electron chi connectivity index (χ1n) is 3.74. The Labute approximate surface area is 88.9 Å². The van der Waals surface area contributed by atoms with Crippen LogP contribution in [0.5, 0.6) is 0 Å². The summed E-state index contributed by atoms with van der Waals surface area (Å²) in [6.45, 7) is 2.48. The molecule has 0 rings (SSSR count). The highest BCUT2D eigenvalue weighted by atomic mass is 79.9. The van der Waals surface area contributed by atoms with Gasteiger partial charge in [0.2, 0.25) is 12.1 Å². The summed E-state index contributed by atoms with van der Waals surface area (Å²) in [4.78, 5) is 19.8. The number of hydrogen-bond acceptors (Lipinski definition) is 5. The summed E-state index contributed by atoms with van der Waals surface area (Å²) in [5.74, 6) is 0. The third-order valence-corrected chi connectivity index (χ3v) is 2.64. The van der Waals surface area contributed by atoms with Crippen LogP contribution in [0.25, 0.3) is 0 Å². The van der Waals surface area contributed by atoms with Crippen molar-refractivity contribution in [1.29, 1.82) is 0 Å². The Balaban J connectivity index is 4.89. The average molecular weight is 271 g/mol. The van der Waals surface area contributed by atoms with E-state index in [0.29, 0.717) is 0 Å². The summed E-state index contributed by atoms with van der Waals surface area (Å²) < 4.78 is 3.11. The van der Waals surface area contributed by atoms with E-state index in [2.05, 4.69) is 15.9 Å². The largest absolute Gasteiger partial charge is 0.367 e. The molecule has 7 nitrogen and oxygen atoms in total. The normalized spacial score (nSPS) is 19.4. The second-order valence-corrected chi connectivity index (χ2v) is 4.57.